The molecule has 5 unspecified atom stereocenters. The Bertz CT molecular complexity index is 282. The van der Waals surface area contributed by atoms with Crippen LogP contribution in [0.15, 0.2) is 0 Å². The Morgan fingerprint density at radius 2 is 0.882 bits per heavy atom. The van der Waals surface area contributed by atoms with Gasteiger partial charge in [-0.2, -0.15) is 0 Å². The fourth-order valence-corrected chi connectivity index (χ4v) is 6.45. The highest BCUT2D eigenvalue weighted by molar-refractivity contribution is 4.98. The molecule has 0 N–H and O–H groups in total. The summed E-state index contributed by atoms with van der Waals surface area (Å²) in [4.78, 5) is 0. The maximum atomic E-state index is 1.62. The van der Waals surface area contributed by atoms with Crippen LogP contribution >= 0.6 is 0 Å². The molecule has 6 atom stereocenters. The maximum absolute atomic E-state index is 1.62. The van der Waals surface area contributed by atoms with Crippen LogP contribution in [0.5, 0.6) is 0 Å². The average molecular weight is 232 g/mol. The van der Waals surface area contributed by atoms with Crippen LogP contribution in [0.4, 0.5) is 0 Å². The molecule has 0 heteroatoms. The van der Waals surface area contributed by atoms with Crippen molar-refractivity contribution in [3.05, 3.63) is 0 Å². The van der Waals surface area contributed by atoms with Crippen molar-refractivity contribution < 1.29 is 0 Å². The van der Waals surface area contributed by atoms with E-state index in [9.17, 15) is 0 Å². The molecule has 0 aliphatic heterocycles. The van der Waals surface area contributed by atoms with Crippen LogP contribution in [-0.4, -0.2) is 0 Å². The molecule has 0 amide bonds. The molecule has 0 radical (unpaired) electrons. The van der Waals surface area contributed by atoms with Gasteiger partial charge in [-0.3, -0.25) is 0 Å². The third-order valence-electron chi connectivity index (χ3n) is 7.08. The smallest absolute Gasteiger partial charge is 0.0352 e. The van der Waals surface area contributed by atoms with E-state index in [0.29, 0.717) is 0 Å². The van der Waals surface area contributed by atoms with Crippen LogP contribution in [0.1, 0.15) is 70.6 Å². The summed E-state index contributed by atoms with van der Waals surface area (Å²) in [7, 11) is 0. The van der Waals surface area contributed by atoms with Crippen molar-refractivity contribution in [2.75, 3.05) is 0 Å². The van der Waals surface area contributed by atoms with Crippen LogP contribution in [0, 0.1) is 35.5 Å². The predicted molar refractivity (Wildman–Crippen MR) is 71.7 cm³/mol. The van der Waals surface area contributed by atoms with E-state index >= 15 is 0 Å². The highest BCUT2D eigenvalue weighted by Gasteiger charge is 2.48. The number of fused-ring (bicyclic) bond motifs is 5. The summed E-state index contributed by atoms with van der Waals surface area (Å²) in [6.07, 6.45) is 17.5. The first-order chi connectivity index (χ1) is 8.43. The average Bonchev–Trinajstić information content (AvgIpc) is 2.86. The number of hydrogen-bond acceptors (Lipinski definition) is 0. The van der Waals surface area contributed by atoms with E-state index in [-0.39, 0.29) is 0 Å². The Morgan fingerprint density at radius 3 is 1.59 bits per heavy atom. The Balaban J connectivity index is 1.56. The quantitative estimate of drug-likeness (QED) is 0.549. The van der Waals surface area contributed by atoms with Gasteiger partial charge in [0, 0.05) is 0 Å². The Labute approximate surface area is 107 Å². The maximum Gasteiger partial charge on any atom is -0.0352 e. The summed E-state index contributed by atoms with van der Waals surface area (Å²) >= 11 is 0. The summed E-state index contributed by atoms with van der Waals surface area (Å²) in [6.45, 7) is 0. The summed E-state index contributed by atoms with van der Waals surface area (Å²) in [6, 6.07) is 0. The van der Waals surface area contributed by atoms with E-state index in [1.807, 2.05) is 0 Å². The van der Waals surface area contributed by atoms with E-state index in [1.54, 1.807) is 70.6 Å². The molecule has 0 nitrogen and oxygen atoms in total. The van der Waals surface area contributed by atoms with Crippen molar-refractivity contribution in [3.63, 3.8) is 0 Å². The van der Waals surface area contributed by atoms with Gasteiger partial charge in [0.05, 0.1) is 0 Å². The van der Waals surface area contributed by atoms with Gasteiger partial charge in [0.2, 0.25) is 0 Å². The van der Waals surface area contributed by atoms with Crippen molar-refractivity contribution in [1.82, 2.24) is 0 Å². The van der Waals surface area contributed by atoms with Gasteiger partial charge in [0.1, 0.15) is 0 Å². The van der Waals surface area contributed by atoms with Crippen LogP contribution in [0.25, 0.3) is 0 Å². The minimum absolute atomic E-state index is 1.16. The van der Waals surface area contributed by atoms with Crippen molar-refractivity contribution >= 4 is 0 Å². The molecular formula is C17H28. The molecule has 17 heavy (non-hydrogen) atoms. The van der Waals surface area contributed by atoms with Crippen LogP contribution in [0.2, 0.25) is 0 Å². The zero-order chi connectivity index (χ0) is 11.2. The van der Waals surface area contributed by atoms with Gasteiger partial charge < -0.3 is 0 Å². The van der Waals surface area contributed by atoms with Gasteiger partial charge in [0.15, 0.2) is 0 Å². The molecule has 4 fully saturated rings. The van der Waals surface area contributed by atoms with E-state index in [2.05, 4.69) is 0 Å². The largest absolute Gasteiger partial charge is 0.0530 e. The highest BCUT2D eigenvalue weighted by Crippen LogP contribution is 2.57. The number of hydrogen-bond donors (Lipinski definition) is 0. The van der Waals surface area contributed by atoms with Gasteiger partial charge in [-0.25, -0.2) is 0 Å². The third-order valence-corrected chi connectivity index (χ3v) is 7.08. The normalized spacial score (nSPS) is 53.6. The fraction of sp³-hybridized carbons (Fsp3) is 1.00. The molecule has 0 aromatic rings. The first kappa shape index (κ1) is 10.9. The SMILES string of the molecule is C1CCC2C(C1)CCC1C2CC[C@H]2CCCC12. The zero-order valence-corrected chi connectivity index (χ0v) is 11.2. The van der Waals surface area contributed by atoms with Crippen molar-refractivity contribution in [2.24, 2.45) is 35.5 Å². The van der Waals surface area contributed by atoms with Crippen molar-refractivity contribution in [3.8, 4) is 0 Å². The monoisotopic (exact) mass is 232 g/mol. The zero-order valence-electron chi connectivity index (χ0n) is 11.2. The molecule has 0 aromatic heterocycles. The van der Waals surface area contributed by atoms with Crippen LogP contribution in [-0.2, 0) is 0 Å². The summed E-state index contributed by atoms with van der Waals surface area (Å²) in [5, 5.41) is 0. The van der Waals surface area contributed by atoms with Gasteiger partial charge >= 0.3 is 0 Å². The molecule has 4 saturated carbocycles. The van der Waals surface area contributed by atoms with E-state index in [0.717, 1.165) is 11.8 Å². The topological polar surface area (TPSA) is 0 Å². The van der Waals surface area contributed by atoms with Gasteiger partial charge in [-0.05, 0) is 74.0 Å². The summed E-state index contributed by atoms with van der Waals surface area (Å²) < 4.78 is 0. The third kappa shape index (κ3) is 1.70. The van der Waals surface area contributed by atoms with Crippen LogP contribution in [0.3, 0.4) is 0 Å². The molecular weight excluding hydrogens is 204 g/mol. The fourth-order valence-electron chi connectivity index (χ4n) is 6.45. The standard InChI is InChI=1S/C17H28/c1-2-6-14-12(4-1)8-10-17-15-7-3-5-13(15)9-11-16(14)17/h12-17H,1-11H2/t12?,13-,14?,15?,16?,17?/m1/s1. The molecule has 0 spiro atoms. The lowest BCUT2D eigenvalue weighted by molar-refractivity contribution is -0.0184. The molecule has 0 aromatic carbocycles. The molecule has 4 aliphatic rings. The lowest BCUT2D eigenvalue weighted by atomic mass is 9.54. The number of rotatable bonds is 0. The molecule has 96 valence electrons. The minimum atomic E-state index is 1.16. The molecule has 0 saturated heterocycles. The van der Waals surface area contributed by atoms with Gasteiger partial charge in [-0.15, -0.1) is 0 Å². The Morgan fingerprint density at radius 1 is 0.353 bits per heavy atom. The molecule has 0 heterocycles. The minimum Gasteiger partial charge on any atom is -0.0530 e. The second-order valence-corrected chi connectivity index (χ2v) is 7.55. The van der Waals surface area contributed by atoms with E-state index in [1.165, 1.54) is 23.7 Å². The van der Waals surface area contributed by atoms with E-state index < -0.39 is 0 Å². The molecule has 4 aliphatic carbocycles. The second-order valence-electron chi connectivity index (χ2n) is 7.55. The Hall–Kier alpha value is 0. The van der Waals surface area contributed by atoms with Gasteiger partial charge in [0.25, 0.3) is 0 Å². The molecule has 0 bridgehead atoms. The molecule has 4 rings (SSSR count). The van der Waals surface area contributed by atoms with Crippen molar-refractivity contribution in [2.45, 2.75) is 70.6 Å². The lowest BCUT2D eigenvalue weighted by Gasteiger charge is -2.51. The predicted octanol–water partition coefficient (Wildman–Crippen LogP) is 5.03. The van der Waals surface area contributed by atoms with Gasteiger partial charge in [-0.1, -0.05) is 32.1 Å². The first-order valence-electron chi connectivity index (χ1n) is 8.43. The lowest BCUT2D eigenvalue weighted by Crippen LogP contribution is -2.43. The van der Waals surface area contributed by atoms with E-state index in [4.69, 9.17) is 0 Å². The van der Waals surface area contributed by atoms with Crippen molar-refractivity contribution in [1.29, 1.82) is 0 Å². The summed E-state index contributed by atoms with van der Waals surface area (Å²) in [5.74, 6) is 7.02. The summed E-state index contributed by atoms with van der Waals surface area (Å²) in [5.41, 5.74) is 0. The highest BCUT2D eigenvalue weighted by atomic mass is 14.5. The first-order valence-corrected chi connectivity index (χ1v) is 8.43. The second kappa shape index (κ2) is 4.28. The van der Waals surface area contributed by atoms with Crippen LogP contribution < -0.4 is 0 Å². The Kier molecular flexibility index (Phi) is 2.74.